The van der Waals surface area contributed by atoms with Gasteiger partial charge in [0.25, 0.3) is 0 Å². The first-order valence-electron chi connectivity index (χ1n) is 8.22. The standard InChI is InChI=1S/C17H21F3N4/c1-9(2)24-14(15-11-4-3-5-12(11)15)6-13(21)10-7-22-16(23-8-10)17(18,19)20/h6-9,11-12,15H,3-5,21H2,1-2H3/b13-6-,24-14?/t11-,12+,15?. The van der Waals surface area contributed by atoms with Crippen LogP contribution in [0.4, 0.5) is 13.2 Å². The van der Waals surface area contributed by atoms with Gasteiger partial charge < -0.3 is 5.73 Å². The van der Waals surface area contributed by atoms with Crippen molar-refractivity contribution in [3.05, 3.63) is 29.9 Å². The molecule has 7 heteroatoms. The molecule has 1 aromatic rings. The van der Waals surface area contributed by atoms with Gasteiger partial charge in [-0.15, -0.1) is 0 Å². The highest BCUT2D eigenvalue weighted by Crippen LogP contribution is 2.58. The van der Waals surface area contributed by atoms with Gasteiger partial charge in [0, 0.05) is 41.3 Å². The lowest BCUT2D eigenvalue weighted by molar-refractivity contribution is -0.145. The predicted molar refractivity (Wildman–Crippen MR) is 86.1 cm³/mol. The fourth-order valence-corrected chi connectivity index (χ4v) is 3.64. The maximum Gasteiger partial charge on any atom is 0.451 e. The lowest BCUT2D eigenvalue weighted by Crippen LogP contribution is -2.13. The van der Waals surface area contributed by atoms with Crippen LogP contribution >= 0.6 is 0 Å². The maximum absolute atomic E-state index is 12.5. The van der Waals surface area contributed by atoms with Crippen LogP contribution in [0.3, 0.4) is 0 Å². The van der Waals surface area contributed by atoms with E-state index in [0.717, 1.165) is 18.1 Å². The fraction of sp³-hybridized carbons (Fsp3) is 0.588. The van der Waals surface area contributed by atoms with Crippen molar-refractivity contribution in [2.45, 2.75) is 45.3 Å². The summed E-state index contributed by atoms with van der Waals surface area (Å²) in [5.74, 6) is 0.660. The maximum atomic E-state index is 12.5. The van der Waals surface area contributed by atoms with E-state index in [1.54, 1.807) is 6.08 Å². The summed E-state index contributed by atoms with van der Waals surface area (Å²) in [6, 6.07) is 0.147. The van der Waals surface area contributed by atoms with Crippen LogP contribution in [-0.4, -0.2) is 21.7 Å². The summed E-state index contributed by atoms with van der Waals surface area (Å²) in [5.41, 5.74) is 7.76. The van der Waals surface area contributed by atoms with Crippen molar-refractivity contribution in [1.82, 2.24) is 9.97 Å². The second-order valence-electron chi connectivity index (χ2n) is 6.82. The summed E-state index contributed by atoms with van der Waals surface area (Å²) in [6.07, 6.45) is 3.19. The number of rotatable bonds is 4. The summed E-state index contributed by atoms with van der Waals surface area (Å²) in [4.78, 5) is 11.4. The van der Waals surface area contributed by atoms with Crippen LogP contribution in [0, 0.1) is 17.8 Å². The van der Waals surface area contributed by atoms with E-state index in [-0.39, 0.29) is 6.04 Å². The zero-order valence-corrected chi connectivity index (χ0v) is 13.7. The summed E-state index contributed by atoms with van der Waals surface area (Å²) < 4.78 is 37.6. The van der Waals surface area contributed by atoms with E-state index in [1.165, 1.54) is 19.3 Å². The highest BCUT2D eigenvalue weighted by atomic mass is 19.4. The summed E-state index contributed by atoms with van der Waals surface area (Å²) in [5, 5.41) is 0. The molecule has 0 bridgehead atoms. The summed E-state index contributed by atoms with van der Waals surface area (Å²) in [6.45, 7) is 4.01. The zero-order valence-electron chi connectivity index (χ0n) is 13.7. The lowest BCUT2D eigenvalue weighted by atomic mass is 10.0. The highest BCUT2D eigenvalue weighted by molar-refractivity contribution is 6.04. The molecule has 0 aliphatic heterocycles. The van der Waals surface area contributed by atoms with Gasteiger partial charge in [-0.3, -0.25) is 4.99 Å². The Balaban J connectivity index is 1.82. The number of alkyl halides is 3. The third-order valence-electron chi connectivity index (χ3n) is 4.70. The second-order valence-corrected chi connectivity index (χ2v) is 6.82. The van der Waals surface area contributed by atoms with E-state index in [2.05, 4.69) is 15.0 Å². The average Bonchev–Trinajstić information content (AvgIpc) is 2.97. The monoisotopic (exact) mass is 338 g/mol. The molecule has 3 rings (SSSR count). The third-order valence-corrected chi connectivity index (χ3v) is 4.70. The molecule has 2 fully saturated rings. The first-order valence-corrected chi connectivity index (χ1v) is 8.22. The quantitative estimate of drug-likeness (QED) is 0.852. The van der Waals surface area contributed by atoms with Crippen LogP contribution in [0.2, 0.25) is 0 Å². The fourth-order valence-electron chi connectivity index (χ4n) is 3.64. The topological polar surface area (TPSA) is 64.2 Å². The van der Waals surface area contributed by atoms with Crippen molar-refractivity contribution in [3.8, 4) is 0 Å². The molecule has 1 heterocycles. The van der Waals surface area contributed by atoms with Gasteiger partial charge in [-0.2, -0.15) is 13.2 Å². The van der Waals surface area contributed by atoms with E-state index < -0.39 is 12.0 Å². The second kappa shape index (κ2) is 6.18. The summed E-state index contributed by atoms with van der Waals surface area (Å²) in [7, 11) is 0. The molecular weight excluding hydrogens is 317 g/mol. The number of aromatic nitrogens is 2. The minimum Gasteiger partial charge on any atom is -0.398 e. The van der Waals surface area contributed by atoms with Crippen LogP contribution in [-0.2, 0) is 6.18 Å². The Morgan fingerprint density at radius 1 is 1.25 bits per heavy atom. The Labute approximate surface area is 139 Å². The molecule has 0 radical (unpaired) electrons. The van der Waals surface area contributed by atoms with Crippen LogP contribution < -0.4 is 5.73 Å². The zero-order chi connectivity index (χ0) is 17.5. The summed E-state index contributed by atoms with van der Waals surface area (Å²) >= 11 is 0. The molecule has 24 heavy (non-hydrogen) atoms. The number of hydrogen-bond donors (Lipinski definition) is 1. The van der Waals surface area contributed by atoms with Crippen LogP contribution in [0.15, 0.2) is 23.5 Å². The molecule has 4 nitrogen and oxygen atoms in total. The van der Waals surface area contributed by atoms with Crippen LogP contribution in [0.25, 0.3) is 5.70 Å². The largest absolute Gasteiger partial charge is 0.451 e. The number of halogens is 3. The molecule has 2 N–H and O–H groups in total. The molecule has 3 atom stereocenters. The molecule has 1 aromatic heterocycles. The molecule has 2 saturated carbocycles. The van der Waals surface area contributed by atoms with Crippen molar-refractivity contribution >= 4 is 11.4 Å². The van der Waals surface area contributed by atoms with Crippen molar-refractivity contribution in [2.24, 2.45) is 28.5 Å². The molecule has 0 amide bonds. The Morgan fingerprint density at radius 2 is 1.83 bits per heavy atom. The molecular formula is C17H21F3N4. The smallest absolute Gasteiger partial charge is 0.398 e. The molecule has 0 saturated heterocycles. The Kier molecular flexibility index (Phi) is 4.36. The third kappa shape index (κ3) is 3.44. The number of hydrogen-bond acceptors (Lipinski definition) is 4. The van der Waals surface area contributed by atoms with E-state index >= 15 is 0 Å². The van der Waals surface area contributed by atoms with E-state index in [9.17, 15) is 13.2 Å². The van der Waals surface area contributed by atoms with E-state index in [4.69, 9.17) is 5.73 Å². The Hall–Kier alpha value is -1.92. The van der Waals surface area contributed by atoms with Gasteiger partial charge in [0.05, 0.1) is 0 Å². The number of allylic oxidation sites excluding steroid dienone is 1. The number of nitrogens with zero attached hydrogens (tertiary/aromatic N) is 3. The first kappa shape index (κ1) is 16.9. The van der Waals surface area contributed by atoms with Gasteiger partial charge in [0.1, 0.15) is 0 Å². The van der Waals surface area contributed by atoms with Crippen molar-refractivity contribution in [3.63, 3.8) is 0 Å². The number of nitrogens with two attached hydrogens (primary N) is 1. The van der Waals surface area contributed by atoms with Crippen molar-refractivity contribution in [1.29, 1.82) is 0 Å². The Morgan fingerprint density at radius 3 is 2.33 bits per heavy atom. The minimum absolute atomic E-state index is 0.147. The highest BCUT2D eigenvalue weighted by Gasteiger charge is 2.54. The van der Waals surface area contributed by atoms with Gasteiger partial charge >= 0.3 is 6.18 Å². The number of aliphatic imine (C=N–C) groups is 1. The first-order chi connectivity index (χ1) is 11.3. The molecule has 0 spiro atoms. The number of fused-ring (bicyclic) bond motifs is 1. The van der Waals surface area contributed by atoms with Gasteiger partial charge in [0.2, 0.25) is 5.82 Å². The van der Waals surface area contributed by atoms with Crippen molar-refractivity contribution in [2.75, 3.05) is 0 Å². The minimum atomic E-state index is -4.55. The lowest BCUT2D eigenvalue weighted by Gasteiger charge is -2.09. The molecule has 1 unspecified atom stereocenters. The van der Waals surface area contributed by atoms with Gasteiger partial charge in [-0.05, 0) is 44.6 Å². The van der Waals surface area contributed by atoms with Crippen LogP contribution in [0.5, 0.6) is 0 Å². The average molecular weight is 338 g/mol. The molecule has 130 valence electrons. The van der Waals surface area contributed by atoms with E-state index in [1.807, 2.05) is 13.8 Å². The van der Waals surface area contributed by atoms with Gasteiger partial charge in [-0.1, -0.05) is 6.42 Å². The molecule has 2 aliphatic carbocycles. The SMILES string of the molecule is CC(C)N=C(/C=C(\N)c1cnc(C(F)(F)F)nc1)C1[C@H]2CCC[C@@H]12. The van der Waals surface area contributed by atoms with E-state index in [0.29, 0.717) is 29.0 Å². The molecule has 2 aliphatic rings. The molecule has 0 aromatic carbocycles. The Bertz CT molecular complexity index is 651. The van der Waals surface area contributed by atoms with Crippen LogP contribution in [0.1, 0.15) is 44.5 Å². The van der Waals surface area contributed by atoms with Gasteiger partial charge in [-0.25, -0.2) is 9.97 Å². The predicted octanol–water partition coefficient (Wildman–Crippen LogP) is 3.69. The van der Waals surface area contributed by atoms with Gasteiger partial charge in [0.15, 0.2) is 0 Å². The normalized spacial score (nSPS) is 27.5. The van der Waals surface area contributed by atoms with Crippen molar-refractivity contribution < 1.29 is 13.2 Å².